The molecule has 2 aromatic heterocycles. The summed E-state index contributed by atoms with van der Waals surface area (Å²) >= 11 is 1.99. The predicted molar refractivity (Wildman–Crippen MR) is 194 cm³/mol. The van der Waals surface area contributed by atoms with E-state index in [1.54, 1.807) is 0 Å². The van der Waals surface area contributed by atoms with Crippen molar-refractivity contribution in [3.05, 3.63) is 163 Å². The normalized spacial score (nSPS) is 12.5. The van der Waals surface area contributed by atoms with Crippen LogP contribution in [-0.2, 0) is 11.5 Å². The molecule has 8 aromatic rings. The minimum Gasteiger partial charge on any atom is -0.456 e. The molecule has 0 bridgehead atoms. The number of rotatable bonds is 4. The van der Waals surface area contributed by atoms with E-state index in [0.717, 1.165) is 50.6 Å². The predicted octanol–water partition coefficient (Wildman–Crippen LogP) is 12.1. The maximum absolute atomic E-state index is 6.22. The zero-order valence-electron chi connectivity index (χ0n) is 25.1. The van der Waals surface area contributed by atoms with Crippen LogP contribution in [0.3, 0.4) is 0 Å². The highest BCUT2D eigenvalue weighted by Gasteiger charge is 2.19. The second-order valence-electron chi connectivity index (χ2n) is 11.9. The summed E-state index contributed by atoms with van der Waals surface area (Å²) in [5.74, 6) is 1.96. The Morgan fingerprint density at radius 3 is 1.89 bits per heavy atom. The minimum atomic E-state index is 0.927. The van der Waals surface area contributed by atoms with Crippen molar-refractivity contribution in [3.8, 4) is 55.9 Å². The quantitative estimate of drug-likeness (QED) is 0.199. The third-order valence-corrected chi connectivity index (χ3v) is 10.1. The van der Waals surface area contributed by atoms with Crippen LogP contribution in [0.5, 0.6) is 0 Å². The molecule has 1 aliphatic rings. The SMILES string of the molecule is c1ccc(-c2cc(-c3ccc4c(c3)CSCc3ccc(-c5cccc6oc7ccccc7c56)cc3-4)cc(-c3ccccc3)n2)cc1. The van der Waals surface area contributed by atoms with E-state index in [9.17, 15) is 0 Å². The van der Waals surface area contributed by atoms with Gasteiger partial charge in [-0.2, -0.15) is 11.8 Å². The molecule has 3 heteroatoms. The van der Waals surface area contributed by atoms with Gasteiger partial charge >= 0.3 is 0 Å². The van der Waals surface area contributed by atoms with Crippen LogP contribution in [0.2, 0.25) is 0 Å². The van der Waals surface area contributed by atoms with Crippen LogP contribution in [0.4, 0.5) is 0 Å². The summed E-state index contributed by atoms with van der Waals surface area (Å²) in [5, 5.41) is 2.34. The highest BCUT2D eigenvalue weighted by atomic mass is 32.2. The number of fused-ring (bicyclic) bond motifs is 6. The van der Waals surface area contributed by atoms with Crippen LogP contribution in [0, 0.1) is 0 Å². The van der Waals surface area contributed by atoms with Crippen molar-refractivity contribution in [1.82, 2.24) is 4.98 Å². The molecule has 46 heavy (non-hydrogen) atoms. The number of benzene rings is 6. The van der Waals surface area contributed by atoms with Crippen LogP contribution < -0.4 is 0 Å². The molecule has 0 amide bonds. The Kier molecular flexibility index (Phi) is 6.57. The topological polar surface area (TPSA) is 26.0 Å². The Morgan fingerprint density at radius 1 is 0.435 bits per heavy atom. The minimum absolute atomic E-state index is 0.927. The molecule has 9 rings (SSSR count). The summed E-state index contributed by atoms with van der Waals surface area (Å²) < 4.78 is 6.22. The number of thioether (sulfide) groups is 1. The number of nitrogens with zero attached hydrogens (tertiary/aromatic N) is 1. The summed E-state index contributed by atoms with van der Waals surface area (Å²) in [7, 11) is 0. The van der Waals surface area contributed by atoms with Crippen LogP contribution in [-0.4, -0.2) is 4.98 Å². The number of hydrogen-bond donors (Lipinski definition) is 0. The Labute approximate surface area is 272 Å². The number of hydrogen-bond acceptors (Lipinski definition) is 3. The molecule has 2 nitrogen and oxygen atoms in total. The van der Waals surface area contributed by atoms with Crippen molar-refractivity contribution in [1.29, 1.82) is 0 Å². The maximum atomic E-state index is 6.22. The van der Waals surface area contributed by atoms with Crippen LogP contribution in [0.1, 0.15) is 11.1 Å². The van der Waals surface area contributed by atoms with Crippen LogP contribution in [0.15, 0.2) is 156 Å². The number of furan rings is 1. The lowest BCUT2D eigenvalue weighted by molar-refractivity contribution is 0.669. The molecule has 0 radical (unpaired) electrons. The van der Waals surface area contributed by atoms with Gasteiger partial charge in [0.2, 0.25) is 0 Å². The molecule has 0 saturated carbocycles. The zero-order chi connectivity index (χ0) is 30.5. The molecule has 0 aliphatic carbocycles. The van der Waals surface area contributed by atoms with E-state index in [-0.39, 0.29) is 0 Å². The van der Waals surface area contributed by atoms with Gasteiger partial charge in [-0.25, -0.2) is 4.98 Å². The van der Waals surface area contributed by atoms with Gasteiger partial charge < -0.3 is 4.42 Å². The first-order chi connectivity index (χ1) is 22.8. The molecule has 0 spiro atoms. The third kappa shape index (κ3) is 4.72. The Hall–Kier alpha value is -5.38. The molecule has 0 saturated heterocycles. The number of para-hydroxylation sites is 1. The van der Waals surface area contributed by atoms with Crippen LogP contribution in [0.25, 0.3) is 77.8 Å². The highest BCUT2D eigenvalue weighted by molar-refractivity contribution is 7.97. The van der Waals surface area contributed by atoms with E-state index in [2.05, 4.69) is 146 Å². The first-order valence-electron chi connectivity index (χ1n) is 15.7. The van der Waals surface area contributed by atoms with E-state index in [4.69, 9.17) is 9.40 Å². The lowest BCUT2D eigenvalue weighted by atomic mass is 9.90. The Morgan fingerprint density at radius 2 is 1.11 bits per heavy atom. The highest BCUT2D eigenvalue weighted by Crippen LogP contribution is 2.43. The zero-order valence-corrected chi connectivity index (χ0v) is 25.9. The molecule has 1 aliphatic heterocycles. The van der Waals surface area contributed by atoms with Gasteiger partial charge in [-0.15, -0.1) is 0 Å². The van der Waals surface area contributed by atoms with Gasteiger partial charge in [-0.3, -0.25) is 0 Å². The number of aromatic nitrogens is 1. The lowest BCUT2D eigenvalue weighted by Gasteiger charge is -2.15. The maximum Gasteiger partial charge on any atom is 0.136 e. The summed E-state index contributed by atoms with van der Waals surface area (Å²) in [6.07, 6.45) is 0. The average Bonchev–Trinajstić information content (AvgIpc) is 3.41. The van der Waals surface area contributed by atoms with Gasteiger partial charge in [-0.1, -0.05) is 115 Å². The Bertz CT molecular complexity index is 2330. The average molecular weight is 608 g/mol. The lowest BCUT2D eigenvalue weighted by Crippen LogP contribution is -1.93. The van der Waals surface area contributed by atoms with Crippen molar-refractivity contribution in [2.75, 3.05) is 0 Å². The third-order valence-electron chi connectivity index (χ3n) is 9.03. The first kappa shape index (κ1) is 27.0. The van der Waals surface area contributed by atoms with Crippen LogP contribution >= 0.6 is 11.8 Å². The van der Waals surface area contributed by atoms with Gasteiger partial charge in [-0.05, 0) is 80.9 Å². The number of pyridine rings is 1. The monoisotopic (exact) mass is 607 g/mol. The Balaban J connectivity index is 1.17. The second-order valence-corrected chi connectivity index (χ2v) is 12.9. The van der Waals surface area contributed by atoms with E-state index in [1.807, 2.05) is 17.8 Å². The molecule has 6 aromatic carbocycles. The summed E-state index contributed by atoms with van der Waals surface area (Å²) in [6, 6.07) is 54.1. The first-order valence-corrected chi connectivity index (χ1v) is 16.8. The summed E-state index contributed by atoms with van der Waals surface area (Å²) in [5.41, 5.74) is 16.3. The van der Waals surface area contributed by atoms with Gasteiger partial charge in [0.25, 0.3) is 0 Å². The fourth-order valence-electron chi connectivity index (χ4n) is 6.77. The van der Waals surface area contributed by atoms with Gasteiger partial charge in [0.05, 0.1) is 11.4 Å². The molecular weight excluding hydrogens is 579 g/mol. The van der Waals surface area contributed by atoms with Gasteiger partial charge in [0.1, 0.15) is 11.2 Å². The van der Waals surface area contributed by atoms with Crippen molar-refractivity contribution in [2.45, 2.75) is 11.5 Å². The molecule has 0 unspecified atom stereocenters. The molecule has 0 atom stereocenters. The van der Waals surface area contributed by atoms with Crippen molar-refractivity contribution < 1.29 is 4.42 Å². The molecular formula is C43H29NOS. The smallest absolute Gasteiger partial charge is 0.136 e. The fourth-order valence-corrected chi connectivity index (χ4v) is 7.81. The summed E-state index contributed by atoms with van der Waals surface area (Å²) in [6.45, 7) is 0. The molecule has 0 N–H and O–H groups in total. The summed E-state index contributed by atoms with van der Waals surface area (Å²) in [4.78, 5) is 5.10. The van der Waals surface area contributed by atoms with Gasteiger partial charge in [0.15, 0.2) is 0 Å². The molecule has 0 fully saturated rings. The fraction of sp³-hybridized carbons (Fsp3) is 0.0465. The van der Waals surface area contributed by atoms with Crippen molar-refractivity contribution in [3.63, 3.8) is 0 Å². The van der Waals surface area contributed by atoms with E-state index >= 15 is 0 Å². The van der Waals surface area contributed by atoms with E-state index in [1.165, 1.54) is 49.9 Å². The van der Waals surface area contributed by atoms with E-state index in [0.29, 0.717) is 0 Å². The molecule has 3 heterocycles. The van der Waals surface area contributed by atoms with Crippen molar-refractivity contribution >= 4 is 33.7 Å². The van der Waals surface area contributed by atoms with Gasteiger partial charge in [0, 0.05) is 33.4 Å². The molecule has 218 valence electrons. The second kappa shape index (κ2) is 11.2. The standard InChI is InChI=1S/C43H29NOS/c1-3-10-28(11-4-1)39-24-33(25-40(44-39)29-12-5-2-6-13-29)30-20-21-35-34(22-30)27-46-26-32-19-18-31(23-38(32)35)36-15-9-17-42-43(36)37-14-7-8-16-41(37)45-42/h1-25H,26-27H2. The largest absolute Gasteiger partial charge is 0.456 e. The van der Waals surface area contributed by atoms with Crippen molar-refractivity contribution in [2.24, 2.45) is 0 Å². The van der Waals surface area contributed by atoms with E-state index < -0.39 is 0 Å².